The number of aryl methyl sites for hydroxylation is 1. The van der Waals surface area contributed by atoms with E-state index >= 15 is 0 Å². The van der Waals surface area contributed by atoms with Gasteiger partial charge in [0, 0.05) is 5.39 Å². The van der Waals surface area contributed by atoms with Gasteiger partial charge in [0.15, 0.2) is 0 Å². The van der Waals surface area contributed by atoms with Gasteiger partial charge in [-0.3, -0.25) is 0 Å². The molecule has 0 heterocycles. The molecule has 0 fully saturated rings. The summed E-state index contributed by atoms with van der Waals surface area (Å²) < 4.78 is 0. The van der Waals surface area contributed by atoms with Crippen LogP contribution in [0.5, 0.6) is 5.75 Å². The molecule has 1 heteroatoms. The van der Waals surface area contributed by atoms with Crippen LogP contribution < -0.4 is 0 Å². The Morgan fingerprint density at radius 2 is 1.87 bits per heavy atom. The molecule has 2 aromatic carbocycles. The van der Waals surface area contributed by atoms with Crippen molar-refractivity contribution in [3.63, 3.8) is 0 Å². The van der Waals surface area contributed by atoms with E-state index in [1.807, 2.05) is 12.1 Å². The third kappa shape index (κ3) is 1.70. The van der Waals surface area contributed by atoms with Gasteiger partial charge >= 0.3 is 0 Å². The SMILES string of the molecule is Cc1cc2c(O)cccc2cc1C(C)C. The van der Waals surface area contributed by atoms with E-state index in [0.717, 1.165) is 10.8 Å². The fraction of sp³-hybridized carbons (Fsp3) is 0.286. The van der Waals surface area contributed by atoms with E-state index in [9.17, 15) is 5.11 Å². The van der Waals surface area contributed by atoms with E-state index in [-0.39, 0.29) is 0 Å². The van der Waals surface area contributed by atoms with Crippen LogP contribution in [0.3, 0.4) is 0 Å². The first kappa shape index (κ1) is 10.0. The van der Waals surface area contributed by atoms with Crippen LogP contribution in [-0.4, -0.2) is 5.11 Å². The van der Waals surface area contributed by atoms with E-state index in [2.05, 4.69) is 32.9 Å². The maximum absolute atomic E-state index is 9.73. The normalized spacial score (nSPS) is 11.2. The average Bonchev–Trinajstić information content (AvgIpc) is 2.18. The monoisotopic (exact) mass is 200 g/mol. The molecule has 2 aromatic rings. The Bertz CT molecular complexity index is 498. The average molecular weight is 200 g/mol. The molecular weight excluding hydrogens is 184 g/mol. The minimum absolute atomic E-state index is 0.367. The summed E-state index contributed by atoms with van der Waals surface area (Å²) in [5.74, 6) is 0.891. The van der Waals surface area contributed by atoms with Crippen LogP contribution in [0.25, 0.3) is 10.8 Å². The molecule has 0 aromatic heterocycles. The smallest absolute Gasteiger partial charge is 0.123 e. The number of hydrogen-bond donors (Lipinski definition) is 1. The van der Waals surface area contributed by atoms with E-state index in [1.54, 1.807) is 6.07 Å². The molecule has 0 aliphatic heterocycles. The lowest BCUT2D eigenvalue weighted by molar-refractivity contribution is 0.481. The van der Waals surface area contributed by atoms with Crippen molar-refractivity contribution in [3.05, 3.63) is 41.5 Å². The quantitative estimate of drug-likeness (QED) is 0.738. The van der Waals surface area contributed by atoms with Gasteiger partial charge in [0.2, 0.25) is 0 Å². The lowest BCUT2D eigenvalue weighted by Crippen LogP contribution is -1.92. The highest BCUT2D eigenvalue weighted by Gasteiger charge is 2.06. The highest BCUT2D eigenvalue weighted by molar-refractivity contribution is 5.89. The molecule has 0 aliphatic rings. The van der Waals surface area contributed by atoms with Crippen molar-refractivity contribution < 1.29 is 5.11 Å². The molecule has 0 aliphatic carbocycles. The van der Waals surface area contributed by atoms with Gasteiger partial charge in [0.05, 0.1) is 0 Å². The van der Waals surface area contributed by atoms with Crippen molar-refractivity contribution in [3.8, 4) is 5.75 Å². The van der Waals surface area contributed by atoms with Gasteiger partial charge in [-0.15, -0.1) is 0 Å². The lowest BCUT2D eigenvalue weighted by Gasteiger charge is -2.11. The Balaban J connectivity index is 2.76. The number of rotatable bonds is 1. The van der Waals surface area contributed by atoms with Crippen LogP contribution in [0.15, 0.2) is 30.3 Å². The fourth-order valence-electron chi connectivity index (χ4n) is 2.06. The minimum atomic E-state index is 0.367. The second-order valence-corrected chi connectivity index (χ2v) is 4.36. The maximum atomic E-state index is 9.73. The van der Waals surface area contributed by atoms with E-state index in [0.29, 0.717) is 11.7 Å². The Kier molecular flexibility index (Phi) is 2.39. The standard InChI is InChI=1S/C14H16O/c1-9(2)12-8-11-5-4-6-14(15)13(11)7-10(12)3/h4-9,15H,1-3H3. The van der Waals surface area contributed by atoms with Crippen LogP contribution in [0.4, 0.5) is 0 Å². The number of phenolic OH excluding ortho intramolecular Hbond substituents is 1. The number of phenols is 1. The van der Waals surface area contributed by atoms with Crippen molar-refractivity contribution in [1.29, 1.82) is 0 Å². The summed E-state index contributed by atoms with van der Waals surface area (Å²) in [7, 11) is 0. The van der Waals surface area contributed by atoms with Gasteiger partial charge in [-0.25, -0.2) is 0 Å². The summed E-state index contributed by atoms with van der Waals surface area (Å²) >= 11 is 0. The van der Waals surface area contributed by atoms with E-state index < -0.39 is 0 Å². The number of hydrogen-bond acceptors (Lipinski definition) is 1. The minimum Gasteiger partial charge on any atom is -0.507 e. The summed E-state index contributed by atoms with van der Waals surface area (Å²) in [5.41, 5.74) is 2.60. The Morgan fingerprint density at radius 3 is 2.53 bits per heavy atom. The van der Waals surface area contributed by atoms with Crippen molar-refractivity contribution in [1.82, 2.24) is 0 Å². The first-order valence-electron chi connectivity index (χ1n) is 5.32. The van der Waals surface area contributed by atoms with Crippen molar-refractivity contribution in [2.24, 2.45) is 0 Å². The molecule has 2 rings (SSSR count). The van der Waals surface area contributed by atoms with Crippen LogP contribution >= 0.6 is 0 Å². The molecule has 0 unspecified atom stereocenters. The molecule has 0 bridgehead atoms. The van der Waals surface area contributed by atoms with Gasteiger partial charge < -0.3 is 5.11 Å². The predicted molar refractivity (Wildman–Crippen MR) is 64.4 cm³/mol. The molecule has 0 radical (unpaired) electrons. The van der Waals surface area contributed by atoms with Crippen LogP contribution in [-0.2, 0) is 0 Å². The van der Waals surface area contributed by atoms with Gasteiger partial charge in [0.25, 0.3) is 0 Å². The molecule has 15 heavy (non-hydrogen) atoms. The molecular formula is C14H16O. The molecule has 0 saturated carbocycles. The third-order valence-electron chi connectivity index (χ3n) is 2.87. The zero-order valence-electron chi connectivity index (χ0n) is 9.41. The van der Waals surface area contributed by atoms with Crippen molar-refractivity contribution in [2.75, 3.05) is 0 Å². The first-order chi connectivity index (χ1) is 7.09. The Labute approximate surface area is 90.4 Å². The zero-order chi connectivity index (χ0) is 11.0. The van der Waals surface area contributed by atoms with Crippen LogP contribution in [0.1, 0.15) is 30.9 Å². The molecule has 0 atom stereocenters. The van der Waals surface area contributed by atoms with Gasteiger partial charge in [-0.05, 0) is 41.5 Å². The molecule has 1 N–H and O–H groups in total. The second kappa shape index (κ2) is 3.58. The summed E-state index contributed by atoms with van der Waals surface area (Å²) in [6.45, 7) is 6.48. The lowest BCUT2D eigenvalue weighted by atomic mass is 9.94. The second-order valence-electron chi connectivity index (χ2n) is 4.36. The third-order valence-corrected chi connectivity index (χ3v) is 2.87. The topological polar surface area (TPSA) is 20.2 Å². The molecule has 0 amide bonds. The predicted octanol–water partition coefficient (Wildman–Crippen LogP) is 3.98. The van der Waals surface area contributed by atoms with Gasteiger partial charge in [-0.1, -0.05) is 32.0 Å². The number of benzene rings is 2. The highest BCUT2D eigenvalue weighted by atomic mass is 16.3. The van der Waals surface area contributed by atoms with Gasteiger partial charge in [0.1, 0.15) is 5.75 Å². The Morgan fingerprint density at radius 1 is 1.13 bits per heavy atom. The first-order valence-corrected chi connectivity index (χ1v) is 5.32. The molecule has 1 nitrogen and oxygen atoms in total. The summed E-state index contributed by atoms with van der Waals surface area (Å²) in [6, 6.07) is 9.91. The maximum Gasteiger partial charge on any atom is 0.123 e. The fourth-order valence-corrected chi connectivity index (χ4v) is 2.06. The molecule has 0 spiro atoms. The van der Waals surface area contributed by atoms with E-state index in [1.165, 1.54) is 11.1 Å². The van der Waals surface area contributed by atoms with Gasteiger partial charge in [-0.2, -0.15) is 0 Å². The summed E-state index contributed by atoms with van der Waals surface area (Å²) in [4.78, 5) is 0. The molecule has 0 saturated heterocycles. The molecule has 78 valence electrons. The Hall–Kier alpha value is -1.50. The number of aromatic hydroxyl groups is 1. The van der Waals surface area contributed by atoms with Crippen LogP contribution in [0.2, 0.25) is 0 Å². The highest BCUT2D eigenvalue weighted by Crippen LogP contribution is 2.30. The van der Waals surface area contributed by atoms with Crippen LogP contribution in [0, 0.1) is 6.92 Å². The zero-order valence-corrected chi connectivity index (χ0v) is 9.41. The van der Waals surface area contributed by atoms with Crippen molar-refractivity contribution in [2.45, 2.75) is 26.7 Å². The van der Waals surface area contributed by atoms with E-state index in [4.69, 9.17) is 0 Å². The summed E-state index contributed by atoms with van der Waals surface area (Å²) in [5, 5.41) is 11.8. The van der Waals surface area contributed by atoms with Crippen molar-refractivity contribution >= 4 is 10.8 Å². The largest absolute Gasteiger partial charge is 0.507 e. The summed E-state index contributed by atoms with van der Waals surface area (Å²) in [6.07, 6.45) is 0. The number of fused-ring (bicyclic) bond motifs is 1.